The number of carbonyl (C=O) groups is 4. The highest BCUT2D eigenvalue weighted by molar-refractivity contribution is 7.89. The zero-order chi connectivity index (χ0) is 43.9. The Morgan fingerprint density at radius 1 is 0.661 bits per heavy atom. The first-order chi connectivity index (χ1) is 27.4. The topological polar surface area (TPSA) is 174 Å². The fourth-order valence-corrected chi connectivity index (χ4v) is 8.98. The molecule has 16 nitrogen and oxygen atoms in total. The van der Waals surface area contributed by atoms with Gasteiger partial charge in [-0.1, -0.05) is 19.1 Å². The Morgan fingerprint density at radius 2 is 1.10 bits per heavy atom. The van der Waals surface area contributed by atoms with Crippen LogP contribution >= 0.6 is 0 Å². The maximum Gasteiger partial charge on any atom is 0.410 e. The number of piperidine rings is 3. The third-order valence-electron chi connectivity index (χ3n) is 10.4. The molecule has 5 fully saturated rings. The number of carbonyl (C=O) groups excluding carboxylic acids is 4. The molecule has 0 bridgehead atoms. The predicted octanol–water partition coefficient (Wildman–Crippen LogP) is 5.92. The Labute approximate surface area is 351 Å². The van der Waals surface area contributed by atoms with Crippen molar-refractivity contribution < 1.29 is 51.3 Å². The fourth-order valence-electron chi connectivity index (χ4n) is 7.26. The van der Waals surface area contributed by atoms with Crippen LogP contribution in [0.2, 0.25) is 0 Å². The smallest absolute Gasteiger partial charge is 0.410 e. The van der Waals surface area contributed by atoms with E-state index >= 15 is 0 Å². The molecule has 0 aliphatic carbocycles. The Hall–Kier alpha value is -3.51. The summed E-state index contributed by atoms with van der Waals surface area (Å²) < 4.78 is 55.6. The monoisotopic (exact) mass is 851 g/mol. The molecule has 6 rings (SSSR count). The zero-order valence-corrected chi connectivity index (χ0v) is 37.8. The lowest BCUT2D eigenvalue weighted by atomic mass is 10.0. The molecule has 5 heterocycles. The summed E-state index contributed by atoms with van der Waals surface area (Å²) in [6, 6.07) is 7.02. The number of nitrogens with zero attached hydrogens (tertiary/aromatic N) is 4. The predicted molar refractivity (Wildman–Crippen MR) is 221 cm³/mol. The maximum absolute atomic E-state index is 13.3. The third kappa shape index (κ3) is 14.0. The van der Waals surface area contributed by atoms with E-state index in [1.807, 2.05) is 81.4 Å². The van der Waals surface area contributed by atoms with E-state index in [0.717, 1.165) is 38.0 Å². The Kier molecular flexibility index (Phi) is 15.9. The third-order valence-corrected chi connectivity index (χ3v) is 12.3. The van der Waals surface area contributed by atoms with E-state index in [0.29, 0.717) is 78.1 Å². The molecule has 2 spiro atoms. The normalized spacial score (nSPS) is 21.0. The first-order valence-corrected chi connectivity index (χ1v) is 22.4. The molecule has 0 atom stereocenters. The minimum absolute atomic E-state index is 0.182. The van der Waals surface area contributed by atoms with Gasteiger partial charge in [0.25, 0.3) is 0 Å². The lowest BCUT2D eigenvalue weighted by Gasteiger charge is -2.42. The van der Waals surface area contributed by atoms with Gasteiger partial charge in [0.15, 0.2) is 0 Å². The van der Waals surface area contributed by atoms with Crippen LogP contribution < -0.4 is 5.32 Å². The summed E-state index contributed by atoms with van der Waals surface area (Å²) in [5.74, 6) is 0.227. The van der Waals surface area contributed by atoms with Gasteiger partial charge in [-0.05, 0) is 86.4 Å². The fraction of sp³-hybridized carbons (Fsp3) is 0.762. The molecule has 0 saturated carbocycles. The van der Waals surface area contributed by atoms with E-state index in [2.05, 4.69) is 5.32 Å². The summed E-state index contributed by atoms with van der Waals surface area (Å²) in [5, 5.41) is 3.38. The van der Waals surface area contributed by atoms with Crippen LogP contribution in [0.4, 0.5) is 14.4 Å². The van der Waals surface area contributed by atoms with Crippen molar-refractivity contribution in [1.82, 2.24) is 24.3 Å². The van der Waals surface area contributed by atoms with Crippen molar-refractivity contribution in [2.75, 3.05) is 65.6 Å². The number of nitrogens with one attached hydrogen (secondary N) is 1. The summed E-state index contributed by atoms with van der Waals surface area (Å²) in [7, 11) is -3.66. The second-order valence-corrected chi connectivity index (χ2v) is 20.4. The second kappa shape index (κ2) is 19.5. The highest BCUT2D eigenvalue weighted by Crippen LogP contribution is 2.38. The van der Waals surface area contributed by atoms with Gasteiger partial charge in [0.05, 0.1) is 18.1 Å². The minimum Gasteiger partial charge on any atom is -0.444 e. The number of Topliss-reactive ketones (excluding diaryl/α,β-unsaturated/α-hetero) is 1. The van der Waals surface area contributed by atoms with Crippen molar-refractivity contribution in [1.29, 1.82) is 0 Å². The number of aryl methyl sites for hydroxylation is 1. The number of hydrogen-bond acceptors (Lipinski definition) is 12. The standard InChI is InChI=1S/C20H30N2O5S.C12H22N2O3.C10H17NO3/c1-5-16-6-8-17(9-7-16)28(24,25)22-14-15-26-20(22)10-12-21(13-11-20)18(23)27-19(2,3)4;1-11(2,3)17-10(15)14-7-4-12(5-8-14)13-6-9-16-12;1-10(2,3)14-9(13)11-6-4-8(12)5-7-11/h6-9H,5,10-15H2,1-4H3;13H,4-9H2,1-3H3;4-7H2,1-3H3. The minimum atomic E-state index is -3.66. The van der Waals surface area contributed by atoms with Gasteiger partial charge in [0.1, 0.15) is 34.0 Å². The summed E-state index contributed by atoms with van der Waals surface area (Å²) >= 11 is 0. The van der Waals surface area contributed by atoms with Gasteiger partial charge in [-0.25, -0.2) is 22.8 Å². The van der Waals surface area contributed by atoms with Gasteiger partial charge in [0, 0.05) is 90.9 Å². The van der Waals surface area contributed by atoms with E-state index in [1.54, 1.807) is 26.8 Å². The summed E-state index contributed by atoms with van der Waals surface area (Å²) in [4.78, 5) is 51.9. The number of benzene rings is 1. The lowest BCUT2D eigenvalue weighted by Crippen LogP contribution is -2.56. The van der Waals surface area contributed by atoms with Gasteiger partial charge < -0.3 is 38.4 Å². The lowest BCUT2D eigenvalue weighted by molar-refractivity contribution is -0.121. The van der Waals surface area contributed by atoms with Gasteiger partial charge in [0.2, 0.25) is 10.0 Å². The average molecular weight is 852 g/mol. The first kappa shape index (κ1) is 48.2. The number of rotatable bonds is 3. The van der Waals surface area contributed by atoms with E-state index < -0.39 is 32.6 Å². The van der Waals surface area contributed by atoms with E-state index in [9.17, 15) is 27.6 Å². The number of amides is 3. The van der Waals surface area contributed by atoms with Crippen molar-refractivity contribution in [2.45, 2.75) is 147 Å². The van der Waals surface area contributed by atoms with Gasteiger partial charge in [-0.3, -0.25) is 10.1 Å². The molecular formula is C42H69N5O11S. The molecule has 5 saturated heterocycles. The molecule has 1 aromatic carbocycles. The average Bonchev–Trinajstić information content (AvgIpc) is 3.78. The van der Waals surface area contributed by atoms with Gasteiger partial charge in [-0.15, -0.1) is 0 Å². The Balaban J connectivity index is 0.000000212. The second-order valence-electron chi connectivity index (χ2n) is 18.6. The Bertz CT molecular complexity index is 1680. The molecule has 0 radical (unpaired) electrons. The van der Waals surface area contributed by atoms with E-state index in [4.69, 9.17) is 23.7 Å². The number of sulfonamides is 1. The van der Waals surface area contributed by atoms with Crippen molar-refractivity contribution in [2.24, 2.45) is 0 Å². The van der Waals surface area contributed by atoms with E-state index in [1.165, 1.54) is 4.31 Å². The van der Waals surface area contributed by atoms with Crippen LogP contribution in [0.3, 0.4) is 0 Å². The molecular weight excluding hydrogens is 783 g/mol. The van der Waals surface area contributed by atoms with Gasteiger partial charge >= 0.3 is 18.3 Å². The molecule has 17 heteroatoms. The highest BCUT2D eigenvalue weighted by Gasteiger charge is 2.51. The molecule has 5 aliphatic heterocycles. The molecule has 59 heavy (non-hydrogen) atoms. The van der Waals surface area contributed by atoms with Crippen LogP contribution in [-0.4, -0.2) is 145 Å². The Morgan fingerprint density at radius 3 is 1.51 bits per heavy atom. The van der Waals surface area contributed by atoms with Crippen LogP contribution in [0.25, 0.3) is 0 Å². The molecule has 3 amide bonds. The molecule has 334 valence electrons. The van der Waals surface area contributed by atoms with Crippen LogP contribution in [0.15, 0.2) is 29.2 Å². The van der Waals surface area contributed by atoms with Crippen LogP contribution in [-0.2, 0) is 44.9 Å². The number of likely N-dealkylation sites (tertiary alicyclic amines) is 3. The quantitative estimate of drug-likeness (QED) is 0.357. The van der Waals surface area contributed by atoms with Crippen molar-refractivity contribution in [3.63, 3.8) is 0 Å². The number of ether oxygens (including phenoxy) is 5. The molecule has 1 N–H and O–H groups in total. The maximum atomic E-state index is 13.3. The van der Waals surface area contributed by atoms with Crippen LogP contribution in [0, 0.1) is 0 Å². The SMILES string of the molecule is CC(C)(C)OC(=O)N1CCC(=O)CC1.CC(C)(C)OC(=O)N1CCC2(CC1)NCCO2.CCc1ccc(S(=O)(=O)N2CCOC23CCN(C(=O)OC(C)(C)C)CC3)cc1. The van der Waals surface area contributed by atoms with Crippen molar-refractivity contribution in [3.05, 3.63) is 29.8 Å². The summed E-state index contributed by atoms with van der Waals surface area (Å²) in [5.41, 5.74) is -1.42. The molecule has 0 unspecified atom stereocenters. The molecule has 1 aromatic rings. The van der Waals surface area contributed by atoms with Crippen molar-refractivity contribution in [3.8, 4) is 0 Å². The van der Waals surface area contributed by atoms with Crippen LogP contribution in [0.1, 0.15) is 113 Å². The summed E-state index contributed by atoms with van der Waals surface area (Å²) in [6.07, 6.45) is 3.41. The molecule has 0 aromatic heterocycles. The van der Waals surface area contributed by atoms with Crippen LogP contribution in [0.5, 0.6) is 0 Å². The number of ketones is 1. The zero-order valence-electron chi connectivity index (χ0n) is 37.0. The molecule has 5 aliphatic rings. The van der Waals surface area contributed by atoms with Crippen molar-refractivity contribution >= 4 is 34.1 Å². The summed E-state index contributed by atoms with van der Waals surface area (Å²) in [6.45, 7) is 24.2. The largest absolute Gasteiger partial charge is 0.444 e. The first-order valence-electron chi connectivity index (χ1n) is 21.0. The highest BCUT2D eigenvalue weighted by atomic mass is 32.2. The van der Waals surface area contributed by atoms with Gasteiger partial charge in [-0.2, -0.15) is 4.31 Å². The van der Waals surface area contributed by atoms with E-state index in [-0.39, 0.29) is 34.7 Å². The number of hydrogen-bond donors (Lipinski definition) is 1.